The largest absolute Gasteiger partial charge is 0.344 e. The minimum absolute atomic E-state index is 0.0356. The summed E-state index contributed by atoms with van der Waals surface area (Å²) in [6.45, 7) is 4.68. The van der Waals surface area contributed by atoms with Gasteiger partial charge in [-0.25, -0.2) is 0 Å². The number of amides is 1. The Morgan fingerprint density at radius 2 is 1.75 bits per heavy atom. The molecule has 0 saturated heterocycles. The summed E-state index contributed by atoms with van der Waals surface area (Å²) in [6.07, 6.45) is 0.517. The lowest BCUT2D eigenvalue weighted by Crippen LogP contribution is -2.52. The van der Waals surface area contributed by atoms with E-state index in [0.717, 1.165) is 5.56 Å². The summed E-state index contributed by atoms with van der Waals surface area (Å²) in [5.74, 6) is -0.222. The summed E-state index contributed by atoms with van der Waals surface area (Å²) >= 11 is 0. The molecule has 1 rings (SSSR count). The number of benzene rings is 1. The van der Waals surface area contributed by atoms with E-state index in [9.17, 15) is 9.59 Å². The van der Waals surface area contributed by atoms with Crippen LogP contribution in [0.1, 0.15) is 26.3 Å². The second kappa shape index (κ2) is 4.92. The highest BCUT2D eigenvalue weighted by Crippen LogP contribution is 2.14. The Kier molecular flexibility index (Phi) is 3.82. The average molecular weight is 219 g/mol. The van der Waals surface area contributed by atoms with Crippen LogP contribution in [0, 0.1) is 0 Å². The fraction of sp³-hybridized carbons (Fsp3) is 0.385. The SMILES string of the molecule is CC(=O)NC(C)(Cc1ccccc1)C(C)=O. The Labute approximate surface area is 95.9 Å². The Bertz CT molecular complexity index is 386. The minimum Gasteiger partial charge on any atom is -0.344 e. The maximum atomic E-state index is 11.6. The first kappa shape index (κ1) is 12.4. The summed E-state index contributed by atoms with van der Waals surface area (Å²) < 4.78 is 0. The lowest BCUT2D eigenvalue weighted by molar-refractivity contribution is -0.129. The van der Waals surface area contributed by atoms with Crippen LogP contribution in [0.25, 0.3) is 0 Å². The van der Waals surface area contributed by atoms with Gasteiger partial charge >= 0.3 is 0 Å². The van der Waals surface area contributed by atoms with Crippen molar-refractivity contribution in [3.63, 3.8) is 0 Å². The van der Waals surface area contributed by atoms with Crippen molar-refractivity contribution in [1.82, 2.24) is 5.32 Å². The fourth-order valence-electron chi connectivity index (χ4n) is 1.65. The molecule has 0 aliphatic heterocycles. The molecule has 16 heavy (non-hydrogen) atoms. The molecule has 1 unspecified atom stereocenters. The molecule has 0 spiro atoms. The van der Waals surface area contributed by atoms with Gasteiger partial charge in [0.2, 0.25) is 5.91 Å². The maximum Gasteiger partial charge on any atom is 0.217 e. The highest BCUT2D eigenvalue weighted by Gasteiger charge is 2.30. The monoisotopic (exact) mass is 219 g/mol. The van der Waals surface area contributed by atoms with Crippen LogP contribution < -0.4 is 5.32 Å². The topological polar surface area (TPSA) is 46.2 Å². The number of Topliss-reactive ketones (excluding diaryl/α,β-unsaturated/α-hetero) is 1. The maximum absolute atomic E-state index is 11.6. The highest BCUT2D eigenvalue weighted by molar-refractivity contribution is 5.90. The van der Waals surface area contributed by atoms with Crippen LogP contribution in [0.3, 0.4) is 0 Å². The van der Waals surface area contributed by atoms with Crippen molar-refractivity contribution in [3.05, 3.63) is 35.9 Å². The molecule has 1 aromatic carbocycles. The van der Waals surface area contributed by atoms with Crippen molar-refractivity contribution >= 4 is 11.7 Å². The van der Waals surface area contributed by atoms with E-state index in [1.54, 1.807) is 6.92 Å². The van der Waals surface area contributed by atoms with E-state index in [1.165, 1.54) is 13.8 Å². The average Bonchev–Trinajstić information content (AvgIpc) is 2.17. The number of hydrogen-bond donors (Lipinski definition) is 1. The molecule has 1 atom stereocenters. The van der Waals surface area contributed by atoms with Crippen LogP contribution in [0.5, 0.6) is 0 Å². The summed E-state index contributed by atoms with van der Waals surface area (Å²) in [5.41, 5.74) is 0.224. The van der Waals surface area contributed by atoms with Gasteiger partial charge in [0, 0.05) is 13.3 Å². The molecule has 0 aromatic heterocycles. The Morgan fingerprint density at radius 1 is 1.19 bits per heavy atom. The molecule has 86 valence electrons. The van der Waals surface area contributed by atoms with Crippen LogP contribution in [0.15, 0.2) is 30.3 Å². The fourth-order valence-corrected chi connectivity index (χ4v) is 1.65. The van der Waals surface area contributed by atoms with E-state index in [2.05, 4.69) is 5.32 Å². The van der Waals surface area contributed by atoms with Crippen molar-refractivity contribution in [2.45, 2.75) is 32.7 Å². The predicted octanol–water partition coefficient (Wildman–Crippen LogP) is 1.71. The second-order valence-corrected chi connectivity index (χ2v) is 4.23. The second-order valence-electron chi connectivity index (χ2n) is 4.23. The first-order valence-corrected chi connectivity index (χ1v) is 5.28. The molecule has 0 fully saturated rings. The van der Waals surface area contributed by atoms with E-state index >= 15 is 0 Å². The highest BCUT2D eigenvalue weighted by atomic mass is 16.2. The first-order valence-electron chi connectivity index (χ1n) is 5.28. The number of nitrogens with one attached hydrogen (secondary N) is 1. The first-order chi connectivity index (χ1) is 7.44. The number of carbonyl (C=O) groups is 2. The standard InChI is InChI=1S/C13H17NO2/c1-10(15)13(3,14-11(2)16)9-12-7-5-4-6-8-12/h4-8H,9H2,1-3H3,(H,14,16). The smallest absolute Gasteiger partial charge is 0.217 e. The van der Waals surface area contributed by atoms with Crippen molar-refractivity contribution in [1.29, 1.82) is 0 Å². The van der Waals surface area contributed by atoms with E-state index < -0.39 is 5.54 Å². The van der Waals surface area contributed by atoms with Crippen LogP contribution in [0.2, 0.25) is 0 Å². The van der Waals surface area contributed by atoms with Gasteiger partial charge in [0.05, 0.1) is 5.54 Å². The zero-order valence-electron chi connectivity index (χ0n) is 9.91. The normalized spacial score (nSPS) is 13.9. The molecule has 0 heterocycles. The van der Waals surface area contributed by atoms with Crippen molar-refractivity contribution < 1.29 is 9.59 Å². The van der Waals surface area contributed by atoms with Gasteiger partial charge in [0.15, 0.2) is 5.78 Å². The molecule has 3 heteroatoms. The van der Waals surface area contributed by atoms with Gasteiger partial charge in [0.1, 0.15) is 0 Å². The molecule has 1 N–H and O–H groups in total. The molecule has 3 nitrogen and oxygen atoms in total. The minimum atomic E-state index is -0.812. The number of ketones is 1. The van der Waals surface area contributed by atoms with Gasteiger partial charge < -0.3 is 5.32 Å². The Balaban J connectivity index is 2.87. The zero-order valence-corrected chi connectivity index (χ0v) is 9.91. The van der Waals surface area contributed by atoms with E-state index in [4.69, 9.17) is 0 Å². The summed E-state index contributed by atoms with van der Waals surface area (Å²) in [6, 6.07) is 9.66. The molecule has 1 amide bonds. The molecule has 0 saturated carbocycles. The van der Waals surface area contributed by atoms with E-state index in [1.807, 2.05) is 30.3 Å². The molecule has 0 radical (unpaired) electrons. The van der Waals surface area contributed by atoms with Gasteiger partial charge in [-0.3, -0.25) is 9.59 Å². The van der Waals surface area contributed by atoms with Crippen LogP contribution >= 0.6 is 0 Å². The lowest BCUT2D eigenvalue weighted by atomic mass is 9.89. The third-order valence-corrected chi connectivity index (χ3v) is 2.63. The third kappa shape index (κ3) is 3.19. The van der Waals surface area contributed by atoms with Gasteiger partial charge in [0.25, 0.3) is 0 Å². The molecule has 1 aromatic rings. The van der Waals surface area contributed by atoms with Crippen LogP contribution in [0.4, 0.5) is 0 Å². The van der Waals surface area contributed by atoms with Gasteiger partial charge in [-0.15, -0.1) is 0 Å². The van der Waals surface area contributed by atoms with Crippen molar-refractivity contribution in [3.8, 4) is 0 Å². The third-order valence-electron chi connectivity index (χ3n) is 2.63. The molecule has 0 aliphatic carbocycles. The molecular formula is C13H17NO2. The van der Waals surface area contributed by atoms with Gasteiger partial charge in [-0.2, -0.15) is 0 Å². The Morgan fingerprint density at radius 3 is 2.19 bits per heavy atom. The van der Waals surface area contributed by atoms with E-state index in [0.29, 0.717) is 6.42 Å². The summed E-state index contributed by atoms with van der Waals surface area (Å²) in [4.78, 5) is 22.7. The Hall–Kier alpha value is -1.64. The van der Waals surface area contributed by atoms with Crippen LogP contribution in [-0.2, 0) is 16.0 Å². The summed E-state index contributed by atoms with van der Waals surface area (Å²) in [5, 5.41) is 2.72. The lowest BCUT2D eigenvalue weighted by Gasteiger charge is -2.27. The van der Waals surface area contributed by atoms with Crippen LogP contribution in [-0.4, -0.2) is 17.2 Å². The van der Waals surface area contributed by atoms with Gasteiger partial charge in [-0.1, -0.05) is 30.3 Å². The number of carbonyl (C=O) groups excluding carboxylic acids is 2. The molecule has 0 aliphatic rings. The van der Waals surface area contributed by atoms with Gasteiger partial charge in [-0.05, 0) is 19.4 Å². The van der Waals surface area contributed by atoms with E-state index in [-0.39, 0.29) is 11.7 Å². The quantitative estimate of drug-likeness (QED) is 0.838. The molecule has 0 bridgehead atoms. The number of rotatable bonds is 4. The summed E-state index contributed by atoms with van der Waals surface area (Å²) in [7, 11) is 0. The zero-order chi connectivity index (χ0) is 12.2. The molecular weight excluding hydrogens is 202 g/mol. The van der Waals surface area contributed by atoms with Crippen molar-refractivity contribution in [2.75, 3.05) is 0 Å². The number of hydrogen-bond acceptors (Lipinski definition) is 2. The van der Waals surface area contributed by atoms with Crippen molar-refractivity contribution in [2.24, 2.45) is 0 Å². The predicted molar refractivity (Wildman–Crippen MR) is 63.0 cm³/mol.